The van der Waals surface area contributed by atoms with Gasteiger partial charge in [0.2, 0.25) is 5.79 Å². The fourth-order valence-corrected chi connectivity index (χ4v) is 3.47. The van der Waals surface area contributed by atoms with Crippen LogP contribution in [0.1, 0.15) is 6.42 Å². The van der Waals surface area contributed by atoms with E-state index >= 15 is 0 Å². The molecule has 0 radical (unpaired) electrons. The molecule has 1 spiro atoms. The number of hydroxylamine groups is 2. The van der Waals surface area contributed by atoms with Crippen molar-refractivity contribution in [3.8, 4) is 0 Å². The quantitative estimate of drug-likeness (QED) is 0.180. The summed E-state index contributed by atoms with van der Waals surface area (Å²) < 4.78 is 6.13. The SMILES string of the molecule is NC(=O)OC[C@H]1[C@@H]2[NH+]=C(N)N[C@]23[N+](=C(N)N1O)CCC3(O)O. The van der Waals surface area contributed by atoms with E-state index in [9.17, 15) is 20.2 Å². The van der Waals surface area contributed by atoms with E-state index in [1.165, 1.54) is 4.58 Å². The van der Waals surface area contributed by atoms with Crippen molar-refractivity contribution in [2.45, 2.75) is 30.0 Å². The van der Waals surface area contributed by atoms with Crippen LogP contribution in [0.25, 0.3) is 0 Å². The predicted octanol–water partition coefficient (Wildman–Crippen LogP) is -6.37. The Hall–Kier alpha value is -2.31. The maximum Gasteiger partial charge on any atom is 0.404 e. The molecule has 0 aromatic heterocycles. The smallest absolute Gasteiger partial charge is 0.404 e. The van der Waals surface area contributed by atoms with Crippen molar-refractivity contribution in [2.75, 3.05) is 13.2 Å². The zero-order chi connectivity index (χ0) is 16.3. The van der Waals surface area contributed by atoms with Gasteiger partial charge in [0, 0.05) is 6.42 Å². The standard InChI is InChI=1S/C10H17N7O5/c11-6-14-5-4(3-22-8(13)18)17(21)7(12)16-2-1-9(19,20)10(5,16)15-6/h4-5,12,19-21H,1-3H2,(H5,11,13,14,15,18)/p+2/t4-,5-,10-/m0/s1. The third-order valence-electron chi connectivity index (χ3n) is 4.41. The molecule has 3 aliphatic heterocycles. The van der Waals surface area contributed by atoms with Gasteiger partial charge in [-0.05, 0) is 0 Å². The van der Waals surface area contributed by atoms with Crippen LogP contribution in [0.15, 0.2) is 0 Å². The third-order valence-corrected chi connectivity index (χ3v) is 4.41. The van der Waals surface area contributed by atoms with Crippen LogP contribution in [0.4, 0.5) is 4.79 Å². The molecule has 3 aliphatic rings. The topological polar surface area (TPSA) is 197 Å². The molecular weight excluding hydrogens is 298 g/mol. The summed E-state index contributed by atoms with van der Waals surface area (Å²) in [5, 5.41) is 34.5. The van der Waals surface area contributed by atoms with Gasteiger partial charge in [-0.25, -0.2) is 19.9 Å². The van der Waals surface area contributed by atoms with Crippen LogP contribution in [0.2, 0.25) is 0 Å². The Morgan fingerprint density at radius 1 is 1.55 bits per heavy atom. The fraction of sp³-hybridized carbons (Fsp3) is 0.700. The van der Waals surface area contributed by atoms with Crippen LogP contribution in [-0.4, -0.2) is 79.8 Å². The Balaban J connectivity index is 2.08. The van der Waals surface area contributed by atoms with Gasteiger partial charge in [-0.2, -0.15) is 0 Å². The number of nitrogens with zero attached hydrogens (tertiary/aromatic N) is 2. The number of nitrogens with two attached hydrogens (primary N) is 3. The summed E-state index contributed by atoms with van der Waals surface area (Å²) in [7, 11) is 0. The average Bonchev–Trinajstić information content (AvgIpc) is 2.89. The second kappa shape index (κ2) is 4.34. The highest BCUT2D eigenvalue weighted by molar-refractivity contribution is 5.77. The van der Waals surface area contributed by atoms with Gasteiger partial charge in [-0.15, -0.1) is 5.06 Å². The number of hydrogen-bond donors (Lipinski definition) is 8. The van der Waals surface area contributed by atoms with Gasteiger partial charge in [0.05, 0.1) is 6.54 Å². The van der Waals surface area contributed by atoms with Crippen molar-refractivity contribution >= 4 is 18.0 Å². The van der Waals surface area contributed by atoms with Crippen molar-refractivity contribution in [3.63, 3.8) is 0 Å². The van der Waals surface area contributed by atoms with Gasteiger partial charge in [-0.1, -0.05) is 0 Å². The van der Waals surface area contributed by atoms with E-state index in [2.05, 4.69) is 10.3 Å². The Labute approximate surface area is 124 Å². The van der Waals surface area contributed by atoms with Crippen molar-refractivity contribution < 1.29 is 34.5 Å². The Kier molecular flexibility index (Phi) is 2.89. The minimum Gasteiger partial charge on any atom is -0.446 e. The third kappa shape index (κ3) is 1.65. The molecule has 122 valence electrons. The maximum atomic E-state index is 10.8. The molecule has 0 bridgehead atoms. The van der Waals surface area contributed by atoms with Crippen LogP contribution >= 0.6 is 0 Å². The first kappa shape index (κ1) is 14.6. The molecule has 12 nitrogen and oxygen atoms in total. The Morgan fingerprint density at radius 3 is 2.86 bits per heavy atom. The van der Waals surface area contributed by atoms with Gasteiger partial charge in [0.25, 0.3) is 5.66 Å². The van der Waals surface area contributed by atoms with Crippen LogP contribution in [-0.2, 0) is 4.74 Å². The molecule has 0 saturated carbocycles. The molecule has 3 heterocycles. The molecule has 3 atom stereocenters. The molecule has 11 N–H and O–H groups in total. The predicted molar refractivity (Wildman–Crippen MR) is 68.9 cm³/mol. The highest BCUT2D eigenvalue weighted by Gasteiger charge is 2.76. The van der Waals surface area contributed by atoms with Crippen LogP contribution in [0.3, 0.4) is 0 Å². The second-order valence-corrected chi connectivity index (χ2v) is 5.55. The van der Waals surface area contributed by atoms with E-state index in [1.54, 1.807) is 0 Å². The number of rotatable bonds is 2. The normalized spacial score (nSPS) is 35.6. The molecule has 0 aromatic carbocycles. The molecule has 22 heavy (non-hydrogen) atoms. The molecule has 3 rings (SSSR count). The van der Waals surface area contributed by atoms with Crippen LogP contribution < -0.4 is 27.5 Å². The molecule has 0 unspecified atom stereocenters. The van der Waals surface area contributed by atoms with Crippen LogP contribution in [0, 0.1) is 0 Å². The number of amides is 1. The summed E-state index contributed by atoms with van der Waals surface area (Å²) >= 11 is 0. The summed E-state index contributed by atoms with van der Waals surface area (Å²) in [6.45, 7) is -0.150. The first-order chi connectivity index (χ1) is 10.2. The van der Waals surface area contributed by atoms with Gasteiger partial charge in [0.15, 0.2) is 12.1 Å². The highest BCUT2D eigenvalue weighted by Crippen LogP contribution is 2.38. The number of guanidine groups is 2. The van der Waals surface area contributed by atoms with Crippen molar-refractivity contribution in [1.82, 2.24) is 10.4 Å². The lowest BCUT2D eigenvalue weighted by Crippen LogP contribution is -2.91. The van der Waals surface area contributed by atoms with E-state index in [0.717, 1.165) is 0 Å². The summed E-state index contributed by atoms with van der Waals surface area (Å²) in [6, 6.07) is -1.77. The molecule has 1 fully saturated rings. The largest absolute Gasteiger partial charge is 0.446 e. The summed E-state index contributed by atoms with van der Waals surface area (Å²) in [5.41, 5.74) is 15.1. The van der Waals surface area contributed by atoms with E-state index in [-0.39, 0.29) is 31.5 Å². The monoisotopic (exact) mass is 317 g/mol. The first-order valence-corrected chi connectivity index (χ1v) is 6.63. The molecule has 0 aromatic rings. The van der Waals surface area contributed by atoms with Gasteiger partial charge in [-0.3, -0.25) is 16.5 Å². The lowest BCUT2D eigenvalue weighted by molar-refractivity contribution is -0.684. The molecule has 0 aliphatic carbocycles. The number of primary amides is 1. The average molecular weight is 317 g/mol. The summed E-state index contributed by atoms with van der Waals surface area (Å²) in [5.74, 6) is -2.22. The number of nitrogens with one attached hydrogen (secondary N) is 2. The number of carbonyl (C=O) groups is 1. The lowest BCUT2D eigenvalue weighted by atomic mass is 9.87. The number of ether oxygens (including phenoxy) is 1. The van der Waals surface area contributed by atoms with Crippen molar-refractivity contribution in [3.05, 3.63) is 0 Å². The Morgan fingerprint density at radius 2 is 2.23 bits per heavy atom. The first-order valence-electron chi connectivity index (χ1n) is 6.63. The molecule has 12 heteroatoms. The fourth-order valence-electron chi connectivity index (χ4n) is 3.47. The van der Waals surface area contributed by atoms with Crippen molar-refractivity contribution in [2.24, 2.45) is 17.2 Å². The van der Waals surface area contributed by atoms with Crippen LogP contribution in [0.5, 0.6) is 0 Å². The second-order valence-electron chi connectivity index (χ2n) is 5.55. The van der Waals surface area contributed by atoms with Gasteiger partial charge in [0.1, 0.15) is 6.61 Å². The van der Waals surface area contributed by atoms with E-state index < -0.39 is 29.6 Å². The molecule has 1 saturated heterocycles. The lowest BCUT2D eigenvalue weighted by Gasteiger charge is -2.41. The Bertz CT molecular complexity index is 590. The minimum absolute atomic E-state index is 0.0244. The van der Waals surface area contributed by atoms with Crippen molar-refractivity contribution in [1.29, 1.82) is 0 Å². The van der Waals surface area contributed by atoms with E-state index in [1.807, 2.05) is 0 Å². The van der Waals surface area contributed by atoms with Gasteiger partial charge >= 0.3 is 18.0 Å². The molecular formula is C10H19N7O5+2. The van der Waals surface area contributed by atoms with E-state index in [0.29, 0.717) is 5.06 Å². The minimum atomic E-state index is -2.18. The zero-order valence-corrected chi connectivity index (χ0v) is 11.6. The zero-order valence-electron chi connectivity index (χ0n) is 11.6. The highest BCUT2D eigenvalue weighted by atomic mass is 16.6. The number of carbonyl (C=O) groups excluding carboxylic acids is 1. The number of hydrogen-bond acceptors (Lipinski definition) is 9. The summed E-state index contributed by atoms with van der Waals surface area (Å²) in [4.78, 5) is 13.6. The summed E-state index contributed by atoms with van der Waals surface area (Å²) in [6.07, 6.45) is -1.05. The number of aliphatic hydroxyl groups is 2. The maximum absolute atomic E-state index is 10.8. The van der Waals surface area contributed by atoms with E-state index in [4.69, 9.17) is 21.9 Å². The molecule has 1 amide bonds. The van der Waals surface area contributed by atoms with Gasteiger partial charge < -0.3 is 20.7 Å².